The quantitative estimate of drug-likeness (QED) is 0.335. The second-order valence-electron chi connectivity index (χ2n) is 7.57. The first-order valence-corrected chi connectivity index (χ1v) is 11.1. The maximum Gasteiger partial charge on any atom is 0.130 e. The molecular formula is C26H22N4S. The number of hydrogen-bond acceptors (Lipinski definition) is 5. The van der Waals surface area contributed by atoms with Gasteiger partial charge in [-0.05, 0) is 43.0 Å². The van der Waals surface area contributed by atoms with Crippen molar-refractivity contribution in [2.75, 3.05) is 5.32 Å². The number of aromatic nitrogens is 3. The predicted molar refractivity (Wildman–Crippen MR) is 129 cm³/mol. The molecule has 4 nitrogen and oxygen atoms in total. The Kier molecular flexibility index (Phi) is 5.18. The lowest BCUT2D eigenvalue weighted by atomic mass is 10.1. The van der Waals surface area contributed by atoms with Gasteiger partial charge in [-0.2, -0.15) is 0 Å². The molecule has 1 atom stereocenters. The molecule has 0 saturated heterocycles. The van der Waals surface area contributed by atoms with Crippen LogP contribution in [0, 0.1) is 6.92 Å². The number of nitrogens with zero attached hydrogens (tertiary/aromatic N) is 3. The van der Waals surface area contributed by atoms with Crippen molar-refractivity contribution in [3.8, 4) is 21.7 Å². The third kappa shape index (κ3) is 4.18. The number of thiophene rings is 1. The summed E-state index contributed by atoms with van der Waals surface area (Å²) >= 11 is 1.78. The van der Waals surface area contributed by atoms with E-state index >= 15 is 0 Å². The topological polar surface area (TPSA) is 50.7 Å². The smallest absolute Gasteiger partial charge is 0.130 e. The summed E-state index contributed by atoms with van der Waals surface area (Å²) in [5, 5.41) is 4.76. The van der Waals surface area contributed by atoms with Gasteiger partial charge in [-0.1, -0.05) is 48.5 Å². The van der Waals surface area contributed by atoms with E-state index in [4.69, 9.17) is 0 Å². The van der Waals surface area contributed by atoms with E-state index in [0.717, 1.165) is 28.5 Å². The number of anilines is 1. The number of rotatable bonds is 5. The molecule has 0 spiro atoms. The van der Waals surface area contributed by atoms with Crippen LogP contribution in [0.1, 0.15) is 24.4 Å². The summed E-state index contributed by atoms with van der Waals surface area (Å²) in [6.07, 6.45) is 3.78. The van der Waals surface area contributed by atoms with Gasteiger partial charge in [0.1, 0.15) is 11.6 Å². The molecular weight excluding hydrogens is 400 g/mol. The molecule has 5 rings (SSSR count). The van der Waals surface area contributed by atoms with Gasteiger partial charge in [0.15, 0.2) is 0 Å². The minimum atomic E-state index is 0.145. The van der Waals surface area contributed by atoms with Gasteiger partial charge in [-0.15, -0.1) is 11.3 Å². The van der Waals surface area contributed by atoms with E-state index in [9.17, 15) is 0 Å². The highest BCUT2D eigenvalue weighted by molar-refractivity contribution is 7.22. The van der Waals surface area contributed by atoms with Crippen LogP contribution in [0.4, 0.5) is 5.82 Å². The minimum Gasteiger partial charge on any atom is -0.363 e. The van der Waals surface area contributed by atoms with Crippen LogP contribution in [0.15, 0.2) is 85.2 Å². The Balaban J connectivity index is 1.47. The number of hydrogen-bond donors (Lipinski definition) is 1. The third-order valence-electron chi connectivity index (χ3n) is 5.25. The standard InChI is InChI=1S/C26H22N4S/c1-17(19-8-4-3-5-9-19)28-26-14-23(29-18(2)30-26)21-12-22(16-27-15-21)25-13-20-10-6-7-11-24(20)31-25/h3-17H,1-2H3,(H,28,29,30). The molecule has 1 N–H and O–H groups in total. The first-order valence-electron chi connectivity index (χ1n) is 10.3. The van der Waals surface area contributed by atoms with E-state index in [2.05, 4.69) is 87.9 Å². The summed E-state index contributed by atoms with van der Waals surface area (Å²) in [5.74, 6) is 1.54. The van der Waals surface area contributed by atoms with Gasteiger partial charge in [-0.3, -0.25) is 4.98 Å². The van der Waals surface area contributed by atoms with Gasteiger partial charge in [0, 0.05) is 45.2 Å². The average molecular weight is 423 g/mol. The molecule has 0 amide bonds. The van der Waals surface area contributed by atoms with E-state index in [1.165, 1.54) is 20.5 Å². The SMILES string of the molecule is Cc1nc(NC(C)c2ccccc2)cc(-c2cncc(-c3cc4ccccc4s3)c2)n1. The fourth-order valence-corrected chi connectivity index (χ4v) is 4.72. The largest absolute Gasteiger partial charge is 0.363 e. The fraction of sp³-hybridized carbons (Fsp3) is 0.115. The lowest BCUT2D eigenvalue weighted by Gasteiger charge is -2.16. The maximum atomic E-state index is 4.67. The molecule has 1 unspecified atom stereocenters. The third-order valence-corrected chi connectivity index (χ3v) is 6.41. The van der Waals surface area contributed by atoms with Crippen molar-refractivity contribution in [2.24, 2.45) is 0 Å². The van der Waals surface area contributed by atoms with Crippen LogP contribution in [-0.2, 0) is 0 Å². The van der Waals surface area contributed by atoms with Crippen LogP contribution < -0.4 is 5.32 Å². The van der Waals surface area contributed by atoms with Crippen molar-refractivity contribution in [3.05, 3.63) is 96.6 Å². The zero-order chi connectivity index (χ0) is 21.2. The lowest BCUT2D eigenvalue weighted by Crippen LogP contribution is -2.09. The molecule has 5 heteroatoms. The number of benzene rings is 2. The molecule has 5 aromatic rings. The fourth-order valence-electron chi connectivity index (χ4n) is 3.68. The first-order chi connectivity index (χ1) is 15.2. The van der Waals surface area contributed by atoms with E-state index in [-0.39, 0.29) is 6.04 Å². The summed E-state index contributed by atoms with van der Waals surface area (Å²) < 4.78 is 1.28. The maximum absolute atomic E-state index is 4.67. The van der Waals surface area contributed by atoms with Gasteiger partial charge >= 0.3 is 0 Å². The number of nitrogens with one attached hydrogen (secondary N) is 1. The molecule has 0 aliphatic carbocycles. The number of pyridine rings is 1. The van der Waals surface area contributed by atoms with Crippen molar-refractivity contribution >= 4 is 27.2 Å². The summed E-state index contributed by atoms with van der Waals surface area (Å²) in [7, 11) is 0. The molecule has 3 heterocycles. The Morgan fingerprint density at radius 1 is 0.839 bits per heavy atom. The minimum absolute atomic E-state index is 0.145. The molecule has 0 saturated carbocycles. The molecule has 0 fully saturated rings. The Morgan fingerprint density at radius 3 is 2.45 bits per heavy atom. The number of aryl methyl sites for hydroxylation is 1. The Bertz CT molecular complexity index is 1310. The highest BCUT2D eigenvalue weighted by Gasteiger charge is 2.11. The highest BCUT2D eigenvalue weighted by atomic mass is 32.1. The summed E-state index contributed by atoms with van der Waals surface area (Å²) in [4.78, 5) is 15.0. The van der Waals surface area contributed by atoms with Crippen LogP contribution in [0.3, 0.4) is 0 Å². The van der Waals surface area contributed by atoms with Gasteiger partial charge < -0.3 is 5.32 Å². The van der Waals surface area contributed by atoms with E-state index < -0.39 is 0 Å². The van der Waals surface area contributed by atoms with Gasteiger partial charge in [0.2, 0.25) is 0 Å². The summed E-state index contributed by atoms with van der Waals surface area (Å²) in [6, 6.07) is 25.3. The zero-order valence-corrected chi connectivity index (χ0v) is 18.2. The highest BCUT2D eigenvalue weighted by Crippen LogP contribution is 2.34. The van der Waals surface area contributed by atoms with Crippen molar-refractivity contribution in [1.29, 1.82) is 0 Å². The van der Waals surface area contributed by atoms with E-state index in [1.54, 1.807) is 11.3 Å². The molecule has 0 radical (unpaired) electrons. The first kappa shape index (κ1) is 19.4. The van der Waals surface area contributed by atoms with Crippen molar-refractivity contribution in [2.45, 2.75) is 19.9 Å². The molecule has 0 bridgehead atoms. The lowest BCUT2D eigenvalue weighted by molar-refractivity contribution is 0.867. The second-order valence-corrected chi connectivity index (χ2v) is 8.66. The van der Waals surface area contributed by atoms with Crippen molar-refractivity contribution in [1.82, 2.24) is 15.0 Å². The van der Waals surface area contributed by atoms with Crippen LogP contribution in [0.5, 0.6) is 0 Å². The van der Waals surface area contributed by atoms with Gasteiger partial charge in [-0.25, -0.2) is 9.97 Å². The molecule has 152 valence electrons. The Morgan fingerprint density at radius 2 is 1.61 bits per heavy atom. The van der Waals surface area contributed by atoms with E-state index in [1.807, 2.05) is 31.5 Å². The van der Waals surface area contributed by atoms with Crippen LogP contribution in [0.25, 0.3) is 31.8 Å². The van der Waals surface area contributed by atoms with Crippen LogP contribution in [0.2, 0.25) is 0 Å². The van der Waals surface area contributed by atoms with Gasteiger partial charge in [0.25, 0.3) is 0 Å². The predicted octanol–water partition coefficient (Wildman–Crippen LogP) is 6.90. The molecule has 3 aromatic heterocycles. The van der Waals surface area contributed by atoms with Crippen molar-refractivity contribution in [3.63, 3.8) is 0 Å². The molecule has 31 heavy (non-hydrogen) atoms. The Hall–Kier alpha value is -3.57. The molecule has 0 aliphatic rings. The summed E-state index contributed by atoms with van der Waals surface area (Å²) in [6.45, 7) is 4.06. The van der Waals surface area contributed by atoms with Crippen LogP contribution in [-0.4, -0.2) is 15.0 Å². The van der Waals surface area contributed by atoms with E-state index in [0.29, 0.717) is 0 Å². The van der Waals surface area contributed by atoms with Crippen LogP contribution >= 0.6 is 11.3 Å². The molecule has 2 aromatic carbocycles. The summed E-state index contributed by atoms with van der Waals surface area (Å²) in [5.41, 5.74) is 4.16. The zero-order valence-electron chi connectivity index (χ0n) is 17.4. The monoisotopic (exact) mass is 422 g/mol. The Labute approximate surface area is 185 Å². The second kappa shape index (κ2) is 8.28. The van der Waals surface area contributed by atoms with Crippen molar-refractivity contribution < 1.29 is 0 Å². The number of fused-ring (bicyclic) bond motifs is 1. The van der Waals surface area contributed by atoms with Gasteiger partial charge in [0.05, 0.1) is 5.69 Å². The average Bonchev–Trinajstić information content (AvgIpc) is 3.24. The normalized spacial score (nSPS) is 12.1. The molecule has 0 aliphatic heterocycles.